The summed E-state index contributed by atoms with van der Waals surface area (Å²) in [4.78, 5) is 20.7. The van der Waals surface area contributed by atoms with Gasteiger partial charge in [0.15, 0.2) is 0 Å². The molecule has 0 aliphatic carbocycles. The first-order valence-electron chi connectivity index (χ1n) is 17.7. The molecule has 5 nitrogen and oxygen atoms in total. The number of carbonyl (C=O) groups is 2. The van der Waals surface area contributed by atoms with E-state index in [-0.39, 0.29) is 116 Å². The molecule has 0 aliphatic rings. The Hall–Kier alpha value is 1.87. The van der Waals surface area contributed by atoms with Crippen molar-refractivity contribution >= 4 is 21.7 Å². The standard InChI is InChI=1S/C36H66O5Si.2K/c37-35(38)31-27-23-19-15-11-7-3-1-5-9-13-17-21-25-29-33-41-42-34-30-26-22-18-14-10-6-2-4-8-12-16-20-24-28-32-36(39)40;;/h1-4H,5-34H2,(H,37,38)(H,39,40);;/q;2*+1/p-2/b3-1-,4-2-;;. The van der Waals surface area contributed by atoms with E-state index in [1.165, 1.54) is 122 Å². The van der Waals surface area contributed by atoms with Crippen LogP contribution in [0.5, 0.6) is 0 Å². The maximum atomic E-state index is 10.4. The van der Waals surface area contributed by atoms with Crippen molar-refractivity contribution in [2.24, 2.45) is 0 Å². The van der Waals surface area contributed by atoms with E-state index in [4.69, 9.17) is 4.43 Å². The molecule has 0 saturated carbocycles. The average molecular weight is 683 g/mol. The quantitative estimate of drug-likeness (QED) is 0.0583. The van der Waals surface area contributed by atoms with E-state index in [2.05, 4.69) is 24.3 Å². The number of carboxylic acid groups (broad SMARTS) is 2. The Kier molecular flexibility index (Phi) is 51.2. The van der Waals surface area contributed by atoms with Gasteiger partial charge in [-0.2, -0.15) is 0 Å². The number of aliphatic carboxylic acids is 2. The van der Waals surface area contributed by atoms with Gasteiger partial charge in [-0.15, -0.1) is 0 Å². The van der Waals surface area contributed by atoms with Gasteiger partial charge in [-0.3, -0.25) is 0 Å². The molecular weight excluding hydrogens is 619 g/mol. The number of hydrogen-bond acceptors (Lipinski definition) is 5. The summed E-state index contributed by atoms with van der Waals surface area (Å²) in [5.41, 5.74) is 0. The minimum absolute atomic E-state index is 0. The van der Waals surface area contributed by atoms with E-state index in [9.17, 15) is 19.8 Å². The fourth-order valence-corrected chi connectivity index (χ4v) is 5.88. The van der Waals surface area contributed by atoms with Gasteiger partial charge < -0.3 is 24.2 Å². The van der Waals surface area contributed by atoms with Crippen molar-refractivity contribution in [2.45, 2.75) is 186 Å². The van der Waals surface area contributed by atoms with E-state index in [0.717, 1.165) is 58.0 Å². The third-order valence-electron chi connectivity index (χ3n) is 7.71. The van der Waals surface area contributed by atoms with Crippen molar-refractivity contribution in [2.75, 3.05) is 6.61 Å². The Morgan fingerprint density at radius 2 is 0.727 bits per heavy atom. The van der Waals surface area contributed by atoms with Crippen LogP contribution in [0.1, 0.15) is 180 Å². The zero-order valence-corrected chi connectivity index (χ0v) is 36.3. The first kappa shape index (κ1) is 50.2. The van der Waals surface area contributed by atoms with Crippen LogP contribution in [0.2, 0.25) is 6.04 Å². The predicted octanol–water partition coefficient (Wildman–Crippen LogP) is 2.58. The molecule has 0 rings (SSSR count). The first-order chi connectivity index (χ1) is 20.6. The molecule has 0 saturated heterocycles. The minimum atomic E-state index is -0.922. The first-order valence-corrected chi connectivity index (χ1v) is 18.8. The Morgan fingerprint density at radius 3 is 1.09 bits per heavy atom. The molecule has 8 heteroatoms. The third-order valence-corrected chi connectivity index (χ3v) is 8.67. The minimum Gasteiger partial charge on any atom is -0.550 e. The van der Waals surface area contributed by atoms with E-state index in [0.29, 0.717) is 9.76 Å². The molecule has 0 amide bonds. The maximum Gasteiger partial charge on any atom is 1.00 e. The largest absolute Gasteiger partial charge is 1.00 e. The molecule has 0 N–H and O–H groups in total. The van der Waals surface area contributed by atoms with Gasteiger partial charge in [-0.1, -0.05) is 121 Å². The van der Waals surface area contributed by atoms with Gasteiger partial charge in [0.05, 0.1) is 0 Å². The molecule has 0 aromatic heterocycles. The van der Waals surface area contributed by atoms with Crippen LogP contribution in [0, 0.1) is 0 Å². The van der Waals surface area contributed by atoms with Gasteiger partial charge in [0.1, 0.15) is 0 Å². The number of unbranched alkanes of at least 4 members (excludes halogenated alkanes) is 22. The maximum absolute atomic E-state index is 10.4. The predicted molar refractivity (Wildman–Crippen MR) is 174 cm³/mol. The van der Waals surface area contributed by atoms with Crippen LogP contribution in [-0.4, -0.2) is 28.3 Å². The number of carbonyl (C=O) groups excluding carboxylic acids is 2. The molecule has 0 fully saturated rings. The fraction of sp³-hybridized carbons (Fsp3) is 0.833. The van der Waals surface area contributed by atoms with Crippen LogP contribution in [0.25, 0.3) is 0 Å². The Morgan fingerprint density at radius 1 is 0.432 bits per heavy atom. The molecular formula is C36H64K2O5Si. The van der Waals surface area contributed by atoms with Crippen molar-refractivity contribution in [3.05, 3.63) is 24.3 Å². The van der Waals surface area contributed by atoms with Crippen LogP contribution in [0.15, 0.2) is 24.3 Å². The molecule has 0 unspecified atom stereocenters. The number of allylic oxidation sites excluding steroid dienone is 4. The zero-order chi connectivity index (χ0) is 30.6. The van der Waals surface area contributed by atoms with Crippen LogP contribution in [-0.2, 0) is 14.0 Å². The van der Waals surface area contributed by atoms with E-state index in [1.54, 1.807) is 0 Å². The van der Waals surface area contributed by atoms with Crippen molar-refractivity contribution < 1.29 is 127 Å². The average Bonchev–Trinajstić information content (AvgIpc) is 2.96. The van der Waals surface area contributed by atoms with E-state index < -0.39 is 11.9 Å². The second kappa shape index (κ2) is 44.9. The van der Waals surface area contributed by atoms with Crippen molar-refractivity contribution in [3.63, 3.8) is 0 Å². The summed E-state index contributed by atoms with van der Waals surface area (Å²) in [5.74, 6) is -1.84. The molecule has 0 aromatic carbocycles. The van der Waals surface area contributed by atoms with Gasteiger partial charge in [-0.05, 0) is 89.5 Å². The van der Waals surface area contributed by atoms with Crippen molar-refractivity contribution in [1.82, 2.24) is 0 Å². The number of carboxylic acids is 2. The summed E-state index contributed by atoms with van der Waals surface area (Å²) in [6, 6.07) is 1.23. The van der Waals surface area contributed by atoms with E-state index >= 15 is 0 Å². The van der Waals surface area contributed by atoms with Crippen LogP contribution in [0.4, 0.5) is 0 Å². The Bertz CT molecular complexity index is 592. The third kappa shape index (κ3) is 48.3. The van der Waals surface area contributed by atoms with Gasteiger partial charge in [0, 0.05) is 18.5 Å². The summed E-state index contributed by atoms with van der Waals surface area (Å²) in [5, 5.41) is 20.7. The zero-order valence-electron chi connectivity index (χ0n) is 29.1. The van der Waals surface area contributed by atoms with Crippen molar-refractivity contribution in [1.29, 1.82) is 0 Å². The summed E-state index contributed by atoms with van der Waals surface area (Å²) >= 11 is 0. The normalized spacial score (nSPS) is 11.2. The smallest absolute Gasteiger partial charge is 0.550 e. The summed E-state index contributed by atoms with van der Waals surface area (Å²) in [6.45, 7) is 0.941. The van der Waals surface area contributed by atoms with Crippen LogP contribution in [0.3, 0.4) is 0 Å². The van der Waals surface area contributed by atoms with Crippen LogP contribution >= 0.6 is 0 Å². The molecule has 0 aliphatic heterocycles. The number of hydrogen-bond donors (Lipinski definition) is 0. The Balaban J connectivity index is -0.00000840. The molecule has 0 heterocycles. The Labute approximate surface area is 360 Å². The molecule has 244 valence electrons. The van der Waals surface area contributed by atoms with Crippen LogP contribution < -0.4 is 113 Å². The molecule has 0 bridgehead atoms. The topological polar surface area (TPSA) is 89.5 Å². The monoisotopic (exact) mass is 682 g/mol. The van der Waals surface area contributed by atoms with E-state index in [1.807, 2.05) is 0 Å². The summed E-state index contributed by atoms with van der Waals surface area (Å²) in [7, 11) is 0.686. The van der Waals surface area contributed by atoms with Gasteiger partial charge >= 0.3 is 103 Å². The molecule has 2 radical (unpaired) electrons. The summed E-state index contributed by atoms with van der Waals surface area (Å²) < 4.78 is 5.86. The van der Waals surface area contributed by atoms with Gasteiger partial charge in [-0.25, -0.2) is 0 Å². The second-order valence-electron chi connectivity index (χ2n) is 11.9. The molecule has 0 atom stereocenters. The van der Waals surface area contributed by atoms with Gasteiger partial charge in [0.25, 0.3) is 0 Å². The molecule has 44 heavy (non-hydrogen) atoms. The molecule has 0 aromatic rings. The number of rotatable bonds is 35. The van der Waals surface area contributed by atoms with Crippen molar-refractivity contribution in [3.8, 4) is 0 Å². The van der Waals surface area contributed by atoms with Gasteiger partial charge in [0.2, 0.25) is 9.76 Å². The second-order valence-corrected chi connectivity index (χ2v) is 12.9. The SMILES string of the molecule is O=C([O-])CCCCCCC/C=C\CCCCCCCCO[Si]CCCCCCCC/C=C\CCCCCCCC(=O)[O-].[K+].[K+]. The summed E-state index contributed by atoms with van der Waals surface area (Å²) in [6.07, 6.45) is 40.9. The molecule has 0 spiro atoms. The fourth-order valence-electron chi connectivity index (χ4n) is 5.05.